The van der Waals surface area contributed by atoms with E-state index in [1.165, 1.54) is 11.8 Å². The normalized spacial score (nSPS) is 14.6. The summed E-state index contributed by atoms with van der Waals surface area (Å²) in [6.45, 7) is 5.60. The van der Waals surface area contributed by atoms with Crippen LogP contribution in [0.4, 0.5) is 0 Å². The zero-order valence-corrected chi connectivity index (χ0v) is 23.8. The molecule has 6 nitrogen and oxygen atoms in total. The van der Waals surface area contributed by atoms with Gasteiger partial charge in [-0.25, -0.2) is 0 Å². The molecule has 0 bridgehead atoms. The molecule has 1 amide bonds. The van der Waals surface area contributed by atoms with Gasteiger partial charge in [0.2, 0.25) is 0 Å². The number of ether oxygens (including phenoxy) is 3. The summed E-state index contributed by atoms with van der Waals surface area (Å²) in [6, 6.07) is 23.5. The smallest absolute Gasteiger partial charge is 0.266 e. The molecule has 0 atom stereocenters. The van der Waals surface area contributed by atoms with Gasteiger partial charge >= 0.3 is 0 Å². The van der Waals surface area contributed by atoms with Crippen molar-refractivity contribution in [3.05, 3.63) is 95.0 Å². The van der Waals surface area contributed by atoms with Crippen molar-refractivity contribution in [3.8, 4) is 17.2 Å². The monoisotopic (exact) mass is 558 g/mol. The van der Waals surface area contributed by atoms with Gasteiger partial charge in [-0.05, 0) is 68.0 Å². The highest BCUT2D eigenvalue weighted by atomic mass is 32.2. The summed E-state index contributed by atoms with van der Waals surface area (Å²) in [5.41, 5.74) is 3.06. The second-order valence-corrected chi connectivity index (χ2v) is 11.1. The third-order valence-electron chi connectivity index (χ3n) is 6.28. The molecular weight excluding hydrogens is 528 g/mol. The van der Waals surface area contributed by atoms with Crippen LogP contribution in [0, 0.1) is 0 Å². The molecule has 200 valence electrons. The van der Waals surface area contributed by atoms with Crippen LogP contribution in [-0.4, -0.2) is 39.5 Å². The van der Waals surface area contributed by atoms with Gasteiger partial charge in [-0.3, -0.25) is 9.69 Å². The molecular formula is C31H30N2O4S2. The summed E-state index contributed by atoms with van der Waals surface area (Å²) in [7, 11) is 1.63. The molecule has 0 aliphatic carbocycles. The van der Waals surface area contributed by atoms with Crippen LogP contribution in [0.5, 0.6) is 17.2 Å². The number of para-hydroxylation sites is 1. The van der Waals surface area contributed by atoms with E-state index in [0.29, 0.717) is 28.9 Å². The van der Waals surface area contributed by atoms with Crippen molar-refractivity contribution in [2.24, 2.45) is 0 Å². The van der Waals surface area contributed by atoms with Crippen LogP contribution in [-0.2, 0) is 17.9 Å². The molecule has 0 radical (unpaired) electrons. The minimum Gasteiger partial charge on any atom is -0.497 e. The highest BCUT2D eigenvalue weighted by Crippen LogP contribution is 2.35. The number of hydrogen-bond donors (Lipinski definition) is 0. The lowest BCUT2D eigenvalue weighted by molar-refractivity contribution is -0.122. The van der Waals surface area contributed by atoms with Crippen molar-refractivity contribution in [2.45, 2.75) is 33.0 Å². The Morgan fingerprint density at radius 1 is 0.949 bits per heavy atom. The maximum absolute atomic E-state index is 13.3. The predicted molar refractivity (Wildman–Crippen MR) is 161 cm³/mol. The lowest BCUT2D eigenvalue weighted by Gasteiger charge is -2.14. The SMILES string of the molecule is COc1ccc(CN2C(=O)/C(=C/c3cn(CCOc4ccc(OC(C)C)cc4)c4ccccc34)SC2=S)cc1. The number of rotatable bonds is 10. The number of thiocarbonyl (C=S) groups is 1. The minimum atomic E-state index is -0.0779. The van der Waals surface area contributed by atoms with Crippen LogP contribution in [0.2, 0.25) is 0 Å². The molecule has 0 unspecified atom stereocenters. The minimum absolute atomic E-state index is 0.0779. The number of carbonyl (C=O) groups excluding carboxylic acids is 1. The zero-order valence-electron chi connectivity index (χ0n) is 22.1. The molecule has 1 aromatic heterocycles. The summed E-state index contributed by atoms with van der Waals surface area (Å²) in [4.78, 5) is 15.6. The summed E-state index contributed by atoms with van der Waals surface area (Å²) in [5, 5.41) is 1.08. The van der Waals surface area contributed by atoms with Crippen LogP contribution in [0.25, 0.3) is 17.0 Å². The number of methoxy groups -OCH3 is 1. The number of fused-ring (bicyclic) bond motifs is 1. The second-order valence-electron chi connectivity index (χ2n) is 9.40. The van der Waals surface area contributed by atoms with Crippen LogP contribution < -0.4 is 14.2 Å². The number of amides is 1. The van der Waals surface area contributed by atoms with E-state index < -0.39 is 0 Å². The average molecular weight is 559 g/mol. The van der Waals surface area contributed by atoms with Gasteiger partial charge in [-0.1, -0.05) is 54.3 Å². The lowest BCUT2D eigenvalue weighted by Crippen LogP contribution is -2.27. The first-order chi connectivity index (χ1) is 18.9. The molecule has 0 spiro atoms. The molecule has 2 heterocycles. The Kier molecular flexibility index (Phi) is 8.24. The average Bonchev–Trinajstić information content (AvgIpc) is 3.41. The number of aromatic nitrogens is 1. The molecule has 1 saturated heterocycles. The fourth-order valence-electron chi connectivity index (χ4n) is 4.41. The molecule has 39 heavy (non-hydrogen) atoms. The maximum Gasteiger partial charge on any atom is 0.266 e. The first-order valence-corrected chi connectivity index (χ1v) is 14.0. The largest absolute Gasteiger partial charge is 0.497 e. The summed E-state index contributed by atoms with van der Waals surface area (Å²) in [6.07, 6.45) is 4.15. The Morgan fingerprint density at radius 3 is 2.36 bits per heavy atom. The van der Waals surface area contributed by atoms with Crippen LogP contribution in [0.15, 0.2) is 83.9 Å². The van der Waals surface area contributed by atoms with E-state index in [1.54, 1.807) is 12.0 Å². The van der Waals surface area contributed by atoms with Crippen molar-refractivity contribution < 1.29 is 19.0 Å². The van der Waals surface area contributed by atoms with Gasteiger partial charge in [-0.2, -0.15) is 0 Å². The van der Waals surface area contributed by atoms with Crippen LogP contribution in [0.3, 0.4) is 0 Å². The maximum atomic E-state index is 13.3. The standard InChI is InChI=1S/C31H30N2O4S2/c1-21(2)37-26-14-12-25(13-15-26)36-17-16-32-20-23(27-6-4-5-7-28(27)32)18-29-30(34)33(31(38)39-29)19-22-8-10-24(35-3)11-9-22/h4-15,18,20-21H,16-17,19H2,1-3H3/b29-18-. The Balaban J connectivity index is 1.29. The summed E-state index contributed by atoms with van der Waals surface area (Å²) in [5.74, 6) is 2.32. The summed E-state index contributed by atoms with van der Waals surface area (Å²) >= 11 is 6.91. The predicted octanol–water partition coefficient (Wildman–Crippen LogP) is 6.92. The van der Waals surface area contributed by atoms with E-state index in [1.807, 2.05) is 80.6 Å². The summed E-state index contributed by atoms with van der Waals surface area (Å²) < 4.78 is 19.6. The van der Waals surface area contributed by atoms with Crippen molar-refractivity contribution in [2.75, 3.05) is 13.7 Å². The topological polar surface area (TPSA) is 52.9 Å². The Bertz CT molecular complexity index is 1510. The van der Waals surface area contributed by atoms with E-state index in [9.17, 15) is 4.79 Å². The van der Waals surface area contributed by atoms with Gasteiger partial charge in [0.1, 0.15) is 28.2 Å². The molecule has 5 rings (SSSR count). The molecule has 8 heteroatoms. The number of hydrogen-bond acceptors (Lipinski definition) is 6. The van der Waals surface area contributed by atoms with Gasteiger partial charge in [0, 0.05) is 22.7 Å². The highest BCUT2D eigenvalue weighted by molar-refractivity contribution is 8.26. The van der Waals surface area contributed by atoms with Crippen LogP contribution >= 0.6 is 24.0 Å². The van der Waals surface area contributed by atoms with E-state index in [0.717, 1.165) is 39.3 Å². The number of thioether (sulfide) groups is 1. The molecule has 0 saturated carbocycles. The van der Waals surface area contributed by atoms with Crippen molar-refractivity contribution >= 4 is 51.2 Å². The Morgan fingerprint density at radius 2 is 1.64 bits per heavy atom. The van der Waals surface area contributed by atoms with E-state index in [-0.39, 0.29) is 12.0 Å². The first-order valence-electron chi connectivity index (χ1n) is 12.8. The molecule has 1 aliphatic rings. The van der Waals surface area contributed by atoms with E-state index >= 15 is 0 Å². The third-order valence-corrected chi connectivity index (χ3v) is 7.65. The zero-order chi connectivity index (χ0) is 27.4. The number of carbonyl (C=O) groups is 1. The number of benzene rings is 3. The lowest BCUT2D eigenvalue weighted by atomic mass is 10.1. The third kappa shape index (κ3) is 6.29. The quantitative estimate of drug-likeness (QED) is 0.156. The van der Waals surface area contributed by atoms with Gasteiger partial charge in [0.25, 0.3) is 5.91 Å². The van der Waals surface area contributed by atoms with Gasteiger partial charge in [-0.15, -0.1) is 0 Å². The highest BCUT2D eigenvalue weighted by Gasteiger charge is 2.32. The van der Waals surface area contributed by atoms with Gasteiger partial charge in [0.15, 0.2) is 0 Å². The molecule has 4 aromatic rings. The first kappa shape index (κ1) is 26.8. The second kappa shape index (κ2) is 12.0. The fraction of sp³-hybridized carbons (Fsp3) is 0.226. The van der Waals surface area contributed by atoms with Gasteiger partial charge < -0.3 is 18.8 Å². The number of nitrogens with zero attached hydrogens (tertiary/aromatic N) is 2. The van der Waals surface area contributed by atoms with E-state index in [2.05, 4.69) is 22.9 Å². The van der Waals surface area contributed by atoms with E-state index in [4.69, 9.17) is 26.4 Å². The van der Waals surface area contributed by atoms with Crippen molar-refractivity contribution in [1.29, 1.82) is 0 Å². The van der Waals surface area contributed by atoms with Crippen LogP contribution in [0.1, 0.15) is 25.0 Å². The molecule has 1 aliphatic heterocycles. The van der Waals surface area contributed by atoms with Gasteiger partial charge in [0.05, 0.1) is 31.2 Å². The Hall–Kier alpha value is -3.75. The fourth-order valence-corrected chi connectivity index (χ4v) is 5.66. The molecule has 0 N–H and O–H groups in total. The molecule has 3 aromatic carbocycles. The molecule has 1 fully saturated rings. The van der Waals surface area contributed by atoms with Crippen molar-refractivity contribution in [3.63, 3.8) is 0 Å². The Labute approximate surface area is 238 Å². The van der Waals surface area contributed by atoms with Crippen molar-refractivity contribution in [1.82, 2.24) is 9.47 Å².